The van der Waals surface area contributed by atoms with Crippen LogP contribution in [0.4, 0.5) is 10.9 Å². The molecule has 0 aliphatic carbocycles. The van der Waals surface area contributed by atoms with E-state index >= 15 is 0 Å². The number of hydrogen-bond donors (Lipinski definition) is 1. The van der Waals surface area contributed by atoms with E-state index in [1.54, 1.807) is 23.6 Å². The summed E-state index contributed by atoms with van der Waals surface area (Å²) in [6, 6.07) is 3.79. The van der Waals surface area contributed by atoms with Crippen molar-refractivity contribution in [3.63, 3.8) is 0 Å². The molecular weight excluding hydrogens is 470 g/mol. The van der Waals surface area contributed by atoms with Crippen molar-refractivity contribution in [3.05, 3.63) is 40.0 Å². The van der Waals surface area contributed by atoms with Crippen molar-refractivity contribution in [2.24, 2.45) is 5.92 Å². The summed E-state index contributed by atoms with van der Waals surface area (Å²) in [5.41, 5.74) is 2.46. The van der Waals surface area contributed by atoms with Crippen molar-refractivity contribution in [2.75, 3.05) is 11.9 Å². The molecular formula is C24H27N5O3S2. The van der Waals surface area contributed by atoms with Gasteiger partial charge in [-0.2, -0.15) is 0 Å². The molecule has 10 heteroatoms. The van der Waals surface area contributed by atoms with Gasteiger partial charge in [-0.1, -0.05) is 0 Å². The van der Waals surface area contributed by atoms with Gasteiger partial charge >= 0.3 is 5.97 Å². The topological polar surface area (TPSA) is 97.3 Å². The minimum atomic E-state index is -0.130. The first kappa shape index (κ1) is 22.9. The number of hydrogen-bond acceptors (Lipinski definition) is 9. The summed E-state index contributed by atoms with van der Waals surface area (Å²) in [5.74, 6) is 0.390. The number of aryl methyl sites for hydroxylation is 2. The monoisotopic (exact) mass is 497 g/mol. The molecule has 3 aromatic rings. The fourth-order valence-corrected chi connectivity index (χ4v) is 6.68. The molecule has 5 rings (SSSR count). The molecule has 0 saturated carbocycles. The van der Waals surface area contributed by atoms with Gasteiger partial charge in [-0.05, 0) is 58.6 Å². The fourth-order valence-electron chi connectivity index (χ4n) is 5.02. The molecule has 8 nitrogen and oxygen atoms in total. The number of piperidine rings is 1. The third-order valence-electron chi connectivity index (χ3n) is 6.47. The van der Waals surface area contributed by atoms with Crippen LogP contribution in [0.25, 0.3) is 10.6 Å². The zero-order valence-electron chi connectivity index (χ0n) is 19.4. The van der Waals surface area contributed by atoms with Crippen LogP contribution in [0, 0.1) is 19.8 Å². The highest BCUT2D eigenvalue weighted by Gasteiger charge is 2.45. The summed E-state index contributed by atoms with van der Waals surface area (Å²) >= 11 is 3.15. The average Bonchev–Trinajstić information content (AvgIpc) is 3.49. The number of pyridine rings is 1. The van der Waals surface area contributed by atoms with Gasteiger partial charge in [-0.3, -0.25) is 9.59 Å². The van der Waals surface area contributed by atoms with Gasteiger partial charge in [0.25, 0.3) is 5.91 Å². The van der Waals surface area contributed by atoms with Gasteiger partial charge in [0.05, 0.1) is 39.4 Å². The Morgan fingerprint density at radius 3 is 2.56 bits per heavy atom. The number of ether oxygens (including phenoxy) is 1. The summed E-state index contributed by atoms with van der Waals surface area (Å²) in [6.45, 7) is 6.21. The summed E-state index contributed by atoms with van der Waals surface area (Å²) in [7, 11) is 0. The number of carbonyl (C=O) groups is 2. The number of nitrogens with zero attached hydrogens (tertiary/aromatic N) is 4. The predicted molar refractivity (Wildman–Crippen MR) is 133 cm³/mol. The lowest BCUT2D eigenvalue weighted by Gasteiger charge is -2.38. The summed E-state index contributed by atoms with van der Waals surface area (Å²) in [4.78, 5) is 42.1. The summed E-state index contributed by atoms with van der Waals surface area (Å²) in [5, 5.41) is 7.01. The number of carbonyl (C=O) groups excluding carboxylic acids is 2. The molecule has 2 fully saturated rings. The van der Waals surface area contributed by atoms with Gasteiger partial charge in [0, 0.05) is 23.7 Å². The molecule has 0 aromatic carbocycles. The Kier molecular flexibility index (Phi) is 6.35. The van der Waals surface area contributed by atoms with E-state index in [-0.39, 0.29) is 29.9 Å². The van der Waals surface area contributed by atoms with Crippen molar-refractivity contribution in [1.29, 1.82) is 0 Å². The SMILES string of the molecule is CCOC(=O)C1CC2CC[C@H](C1)N2C(=O)c1ccc(Nc2nc(-c3sc(C)nc3C)cs2)nc1. The average molecular weight is 498 g/mol. The number of fused-ring (bicyclic) bond motifs is 2. The Hall–Kier alpha value is -2.85. The number of amides is 1. The summed E-state index contributed by atoms with van der Waals surface area (Å²) < 4.78 is 5.22. The van der Waals surface area contributed by atoms with Crippen LogP contribution >= 0.6 is 22.7 Å². The van der Waals surface area contributed by atoms with E-state index in [0.29, 0.717) is 30.8 Å². The Labute approximate surface area is 206 Å². The lowest BCUT2D eigenvalue weighted by molar-refractivity contribution is -0.150. The van der Waals surface area contributed by atoms with Crippen molar-refractivity contribution < 1.29 is 14.3 Å². The lowest BCUT2D eigenvalue weighted by Crippen LogP contribution is -2.48. The molecule has 1 amide bonds. The van der Waals surface area contributed by atoms with Crippen molar-refractivity contribution in [3.8, 4) is 10.6 Å². The van der Waals surface area contributed by atoms with Gasteiger partial charge in [0.1, 0.15) is 5.82 Å². The predicted octanol–water partition coefficient (Wildman–Crippen LogP) is 4.97. The normalized spacial score (nSPS) is 21.5. The smallest absolute Gasteiger partial charge is 0.309 e. The molecule has 0 radical (unpaired) electrons. The first-order chi connectivity index (χ1) is 16.4. The molecule has 3 atom stereocenters. The second-order valence-electron chi connectivity index (χ2n) is 8.76. The van der Waals surface area contributed by atoms with Crippen LogP contribution in [-0.4, -0.2) is 50.4 Å². The van der Waals surface area contributed by atoms with Crippen LogP contribution in [0.15, 0.2) is 23.7 Å². The van der Waals surface area contributed by atoms with Crippen LogP contribution in [0.3, 0.4) is 0 Å². The lowest BCUT2D eigenvalue weighted by atomic mass is 9.90. The molecule has 2 aliphatic heterocycles. The molecule has 2 aliphatic rings. The molecule has 178 valence electrons. The van der Waals surface area contributed by atoms with Gasteiger partial charge in [-0.15, -0.1) is 22.7 Å². The summed E-state index contributed by atoms with van der Waals surface area (Å²) in [6.07, 6.45) is 4.85. The Balaban J connectivity index is 1.24. The number of esters is 1. The second-order valence-corrected chi connectivity index (χ2v) is 10.8. The maximum Gasteiger partial charge on any atom is 0.309 e. The highest BCUT2D eigenvalue weighted by molar-refractivity contribution is 7.16. The zero-order valence-corrected chi connectivity index (χ0v) is 21.0. The molecule has 1 N–H and O–H groups in total. The van der Waals surface area contributed by atoms with E-state index in [9.17, 15) is 9.59 Å². The van der Waals surface area contributed by atoms with Crippen LogP contribution < -0.4 is 5.32 Å². The van der Waals surface area contributed by atoms with Crippen LogP contribution in [-0.2, 0) is 9.53 Å². The minimum absolute atomic E-state index is 0.0126. The van der Waals surface area contributed by atoms with E-state index in [1.165, 1.54) is 11.3 Å². The Morgan fingerprint density at radius 1 is 1.18 bits per heavy atom. The number of nitrogens with one attached hydrogen (secondary N) is 1. The quantitative estimate of drug-likeness (QED) is 0.480. The van der Waals surface area contributed by atoms with Crippen molar-refractivity contribution in [2.45, 2.75) is 58.5 Å². The maximum atomic E-state index is 13.3. The van der Waals surface area contributed by atoms with Gasteiger partial charge in [0.2, 0.25) is 0 Å². The maximum absolute atomic E-state index is 13.3. The molecule has 5 heterocycles. The van der Waals surface area contributed by atoms with E-state index in [0.717, 1.165) is 39.2 Å². The molecule has 3 aromatic heterocycles. The number of aromatic nitrogens is 3. The third-order valence-corrected chi connectivity index (χ3v) is 8.33. The second kappa shape index (κ2) is 9.42. The number of anilines is 2. The molecule has 2 saturated heterocycles. The van der Waals surface area contributed by atoms with E-state index in [1.807, 2.05) is 37.1 Å². The van der Waals surface area contributed by atoms with Gasteiger partial charge < -0.3 is 15.0 Å². The number of rotatable bonds is 6. The van der Waals surface area contributed by atoms with Crippen LogP contribution in [0.2, 0.25) is 0 Å². The largest absolute Gasteiger partial charge is 0.466 e. The highest BCUT2D eigenvalue weighted by atomic mass is 32.1. The molecule has 0 spiro atoms. The standard InChI is InChI=1S/C24H27N5O3S2/c1-4-32-23(31)16-9-17-6-7-18(10-16)29(17)22(30)15-5-8-20(25-11-15)28-24-27-19(12-33-24)21-13(2)26-14(3)34-21/h5,8,11-12,16-18H,4,6-7,9-10H2,1-3H3,(H,25,27,28)/t16?,17-,18?/m1/s1. The van der Waals surface area contributed by atoms with Crippen molar-refractivity contribution >= 4 is 45.5 Å². The van der Waals surface area contributed by atoms with E-state index < -0.39 is 0 Å². The van der Waals surface area contributed by atoms with Crippen molar-refractivity contribution in [1.82, 2.24) is 19.9 Å². The van der Waals surface area contributed by atoms with E-state index in [2.05, 4.69) is 20.3 Å². The third kappa shape index (κ3) is 4.44. The first-order valence-electron chi connectivity index (χ1n) is 11.5. The Bertz CT molecular complexity index is 1190. The van der Waals surface area contributed by atoms with Gasteiger partial charge in [-0.25, -0.2) is 15.0 Å². The Morgan fingerprint density at radius 2 is 1.94 bits per heavy atom. The fraction of sp³-hybridized carbons (Fsp3) is 0.458. The van der Waals surface area contributed by atoms with Gasteiger partial charge in [0.15, 0.2) is 5.13 Å². The number of thiazole rings is 2. The minimum Gasteiger partial charge on any atom is -0.466 e. The van der Waals surface area contributed by atoms with E-state index in [4.69, 9.17) is 4.74 Å². The molecule has 2 bridgehead atoms. The molecule has 34 heavy (non-hydrogen) atoms. The molecule has 2 unspecified atom stereocenters. The zero-order chi connectivity index (χ0) is 23.8. The van der Waals surface area contributed by atoms with Crippen LogP contribution in [0.5, 0.6) is 0 Å². The first-order valence-corrected chi connectivity index (χ1v) is 13.2. The highest BCUT2D eigenvalue weighted by Crippen LogP contribution is 2.40. The van der Waals surface area contributed by atoms with Crippen LogP contribution in [0.1, 0.15) is 53.7 Å².